The molecule has 0 atom stereocenters. The Morgan fingerprint density at radius 3 is 2.58 bits per heavy atom. The molecule has 5 heteroatoms. The van der Waals surface area contributed by atoms with Crippen molar-refractivity contribution in [3.05, 3.63) is 54.5 Å². The summed E-state index contributed by atoms with van der Waals surface area (Å²) in [6.45, 7) is 1.82. The summed E-state index contributed by atoms with van der Waals surface area (Å²) in [5.74, 6) is 1.11. The van der Waals surface area contributed by atoms with E-state index in [2.05, 4.69) is 15.1 Å². The zero-order chi connectivity index (χ0) is 13.2. The van der Waals surface area contributed by atoms with Gasteiger partial charge >= 0.3 is 0 Å². The summed E-state index contributed by atoms with van der Waals surface area (Å²) in [6, 6.07) is 13.6. The van der Waals surface area contributed by atoms with E-state index >= 15 is 0 Å². The largest absolute Gasteiger partial charge is 0.384 e. The molecule has 0 fully saturated rings. The number of aryl methyl sites for hydroxylation is 1. The van der Waals surface area contributed by atoms with Gasteiger partial charge in [0.1, 0.15) is 11.6 Å². The van der Waals surface area contributed by atoms with Crippen molar-refractivity contribution >= 4 is 5.82 Å². The SMILES string of the molecule is Cc1nc(N)cc(-c2ccnn2-c2ccccc2)n1. The van der Waals surface area contributed by atoms with Gasteiger partial charge in [-0.25, -0.2) is 14.6 Å². The molecule has 19 heavy (non-hydrogen) atoms. The number of aromatic nitrogens is 4. The Hall–Kier alpha value is -2.69. The molecular weight excluding hydrogens is 238 g/mol. The summed E-state index contributed by atoms with van der Waals surface area (Å²) in [6.07, 6.45) is 1.75. The number of nitrogens with two attached hydrogens (primary N) is 1. The molecule has 0 amide bonds. The van der Waals surface area contributed by atoms with Gasteiger partial charge in [-0.3, -0.25) is 0 Å². The number of anilines is 1. The van der Waals surface area contributed by atoms with Gasteiger partial charge in [-0.2, -0.15) is 5.10 Å². The van der Waals surface area contributed by atoms with Crippen LogP contribution in [0.5, 0.6) is 0 Å². The molecule has 2 aromatic heterocycles. The normalized spacial score (nSPS) is 10.6. The first-order chi connectivity index (χ1) is 9.24. The van der Waals surface area contributed by atoms with Gasteiger partial charge in [0.2, 0.25) is 0 Å². The van der Waals surface area contributed by atoms with Crippen LogP contribution < -0.4 is 5.73 Å². The Bertz CT molecular complexity index is 683. The molecular formula is C14H13N5. The third kappa shape index (κ3) is 2.18. The van der Waals surface area contributed by atoms with E-state index in [1.165, 1.54) is 0 Å². The first-order valence-electron chi connectivity index (χ1n) is 5.95. The van der Waals surface area contributed by atoms with Gasteiger partial charge in [0.25, 0.3) is 0 Å². The lowest BCUT2D eigenvalue weighted by Gasteiger charge is -2.07. The molecule has 0 aliphatic heterocycles. The summed E-state index contributed by atoms with van der Waals surface area (Å²) >= 11 is 0. The molecule has 0 radical (unpaired) electrons. The van der Waals surface area contributed by atoms with Gasteiger partial charge in [0, 0.05) is 6.07 Å². The number of hydrogen-bond acceptors (Lipinski definition) is 4. The predicted molar refractivity (Wildman–Crippen MR) is 73.7 cm³/mol. The maximum atomic E-state index is 5.77. The summed E-state index contributed by atoms with van der Waals surface area (Å²) in [5, 5.41) is 4.34. The van der Waals surface area contributed by atoms with Crippen molar-refractivity contribution in [2.45, 2.75) is 6.92 Å². The lowest BCUT2D eigenvalue weighted by atomic mass is 10.2. The van der Waals surface area contributed by atoms with Gasteiger partial charge in [0.15, 0.2) is 0 Å². The second-order valence-corrected chi connectivity index (χ2v) is 4.19. The molecule has 2 N–H and O–H groups in total. The predicted octanol–water partition coefficient (Wildman–Crippen LogP) is 2.22. The van der Waals surface area contributed by atoms with Gasteiger partial charge < -0.3 is 5.73 Å². The minimum absolute atomic E-state index is 0.461. The number of para-hydroxylation sites is 1. The van der Waals surface area contributed by atoms with Gasteiger partial charge in [-0.15, -0.1) is 0 Å². The highest BCUT2D eigenvalue weighted by Gasteiger charge is 2.10. The average molecular weight is 251 g/mol. The minimum Gasteiger partial charge on any atom is -0.384 e. The second-order valence-electron chi connectivity index (χ2n) is 4.19. The standard InChI is InChI=1S/C14H13N5/c1-10-17-12(9-14(15)18-10)13-7-8-16-19(13)11-5-3-2-4-6-11/h2-9H,1H3,(H2,15,17,18). The molecule has 0 saturated carbocycles. The van der Waals surface area contributed by atoms with E-state index in [1.54, 1.807) is 12.3 Å². The Morgan fingerprint density at radius 2 is 1.84 bits per heavy atom. The lowest BCUT2D eigenvalue weighted by Crippen LogP contribution is -2.02. The quantitative estimate of drug-likeness (QED) is 0.758. The van der Waals surface area contributed by atoms with E-state index in [9.17, 15) is 0 Å². The summed E-state index contributed by atoms with van der Waals surface area (Å²) < 4.78 is 1.83. The number of nitrogen functional groups attached to an aromatic ring is 1. The van der Waals surface area contributed by atoms with E-state index in [4.69, 9.17) is 5.73 Å². The third-order valence-electron chi connectivity index (χ3n) is 2.76. The zero-order valence-corrected chi connectivity index (χ0v) is 10.5. The van der Waals surface area contributed by atoms with Crippen LogP contribution in [0, 0.1) is 6.92 Å². The van der Waals surface area contributed by atoms with Crippen molar-refractivity contribution in [3.8, 4) is 17.1 Å². The first kappa shape index (κ1) is 11.4. The number of hydrogen-bond donors (Lipinski definition) is 1. The van der Waals surface area contributed by atoms with Crippen molar-refractivity contribution < 1.29 is 0 Å². The topological polar surface area (TPSA) is 69.6 Å². The van der Waals surface area contributed by atoms with E-state index in [-0.39, 0.29) is 0 Å². The second kappa shape index (κ2) is 4.53. The van der Waals surface area contributed by atoms with Crippen LogP contribution in [-0.4, -0.2) is 19.7 Å². The van der Waals surface area contributed by atoms with Crippen LogP contribution in [0.2, 0.25) is 0 Å². The van der Waals surface area contributed by atoms with Gasteiger partial charge in [-0.1, -0.05) is 18.2 Å². The van der Waals surface area contributed by atoms with Gasteiger partial charge in [-0.05, 0) is 25.1 Å². The van der Waals surface area contributed by atoms with Crippen molar-refractivity contribution in [3.63, 3.8) is 0 Å². The van der Waals surface area contributed by atoms with E-state index in [0.29, 0.717) is 11.6 Å². The fourth-order valence-corrected chi connectivity index (χ4v) is 1.99. The molecule has 3 rings (SSSR count). The average Bonchev–Trinajstić information content (AvgIpc) is 2.88. The summed E-state index contributed by atoms with van der Waals surface area (Å²) in [4.78, 5) is 8.49. The molecule has 3 aromatic rings. The number of benzene rings is 1. The number of nitrogens with zero attached hydrogens (tertiary/aromatic N) is 4. The Balaban J connectivity index is 2.15. The lowest BCUT2D eigenvalue weighted by molar-refractivity contribution is 0.881. The molecule has 5 nitrogen and oxygen atoms in total. The molecule has 94 valence electrons. The van der Waals surface area contributed by atoms with Crippen molar-refractivity contribution in [1.29, 1.82) is 0 Å². The molecule has 0 bridgehead atoms. The van der Waals surface area contributed by atoms with Crippen LogP contribution in [0.15, 0.2) is 48.7 Å². The first-order valence-corrected chi connectivity index (χ1v) is 5.95. The van der Waals surface area contributed by atoms with Crippen LogP contribution in [0.3, 0.4) is 0 Å². The monoisotopic (exact) mass is 251 g/mol. The highest BCUT2D eigenvalue weighted by Crippen LogP contribution is 2.21. The summed E-state index contributed by atoms with van der Waals surface area (Å²) in [7, 11) is 0. The van der Waals surface area contributed by atoms with E-state index in [1.807, 2.05) is 48.0 Å². The maximum Gasteiger partial charge on any atom is 0.128 e. The van der Waals surface area contributed by atoms with Crippen LogP contribution in [-0.2, 0) is 0 Å². The van der Waals surface area contributed by atoms with E-state index in [0.717, 1.165) is 17.1 Å². The molecule has 0 aliphatic rings. The third-order valence-corrected chi connectivity index (χ3v) is 2.76. The van der Waals surface area contributed by atoms with Crippen LogP contribution >= 0.6 is 0 Å². The Labute approximate surface area is 110 Å². The van der Waals surface area contributed by atoms with Crippen LogP contribution in [0.4, 0.5) is 5.82 Å². The molecule has 0 spiro atoms. The van der Waals surface area contributed by atoms with Gasteiger partial charge in [0.05, 0.1) is 23.3 Å². The molecule has 1 aromatic carbocycles. The smallest absolute Gasteiger partial charge is 0.128 e. The highest BCUT2D eigenvalue weighted by molar-refractivity contribution is 5.60. The Kier molecular flexibility index (Phi) is 2.72. The number of rotatable bonds is 2. The molecule has 2 heterocycles. The maximum absolute atomic E-state index is 5.77. The molecule has 0 saturated heterocycles. The fourth-order valence-electron chi connectivity index (χ4n) is 1.99. The Morgan fingerprint density at radius 1 is 1.05 bits per heavy atom. The van der Waals surface area contributed by atoms with Crippen molar-refractivity contribution in [2.75, 3.05) is 5.73 Å². The van der Waals surface area contributed by atoms with Crippen molar-refractivity contribution in [2.24, 2.45) is 0 Å². The van der Waals surface area contributed by atoms with Crippen LogP contribution in [0.1, 0.15) is 5.82 Å². The van der Waals surface area contributed by atoms with E-state index < -0.39 is 0 Å². The van der Waals surface area contributed by atoms with Crippen molar-refractivity contribution in [1.82, 2.24) is 19.7 Å². The fraction of sp³-hybridized carbons (Fsp3) is 0.0714. The zero-order valence-electron chi connectivity index (χ0n) is 10.5. The van der Waals surface area contributed by atoms with Crippen LogP contribution in [0.25, 0.3) is 17.1 Å². The minimum atomic E-state index is 0.461. The summed E-state index contributed by atoms with van der Waals surface area (Å²) in [5.41, 5.74) is 8.42. The highest BCUT2D eigenvalue weighted by atomic mass is 15.3. The molecule has 0 aliphatic carbocycles. The molecule has 0 unspecified atom stereocenters.